The van der Waals surface area contributed by atoms with Crippen LogP contribution in [0.3, 0.4) is 0 Å². The van der Waals surface area contributed by atoms with Gasteiger partial charge in [-0.2, -0.15) is 0 Å². The molecule has 1 aromatic heterocycles. The number of rotatable bonds is 6. The van der Waals surface area contributed by atoms with Crippen LogP contribution in [0.15, 0.2) is 63.6 Å². The highest BCUT2D eigenvalue weighted by atomic mass is 35.5. The third-order valence-corrected chi connectivity index (χ3v) is 7.28. The van der Waals surface area contributed by atoms with Crippen LogP contribution < -0.4 is 21.1 Å². The highest BCUT2D eigenvalue weighted by Crippen LogP contribution is 2.31. The second-order valence-corrected chi connectivity index (χ2v) is 10.1. The number of amidine groups is 1. The van der Waals surface area contributed by atoms with Crippen LogP contribution in [-0.4, -0.2) is 40.8 Å². The van der Waals surface area contributed by atoms with Crippen LogP contribution in [0.1, 0.15) is 30.1 Å². The van der Waals surface area contributed by atoms with Crippen LogP contribution in [0.25, 0.3) is 0 Å². The Morgan fingerprint density at radius 3 is 2.66 bits per heavy atom. The number of aliphatic imine (C=N–C) groups is 1. The van der Waals surface area contributed by atoms with Crippen LogP contribution in [-0.2, 0) is 0 Å². The van der Waals surface area contributed by atoms with E-state index in [2.05, 4.69) is 38.0 Å². The zero-order valence-corrected chi connectivity index (χ0v) is 21.2. The van der Waals surface area contributed by atoms with Gasteiger partial charge in [-0.05, 0) is 61.5 Å². The molecule has 3 aromatic rings. The second kappa shape index (κ2) is 10.4. The van der Waals surface area contributed by atoms with E-state index < -0.39 is 0 Å². The summed E-state index contributed by atoms with van der Waals surface area (Å²) >= 11 is 13.6. The molecule has 0 radical (unpaired) electrons. The van der Waals surface area contributed by atoms with Gasteiger partial charge in [0.25, 0.3) is 5.91 Å². The van der Waals surface area contributed by atoms with Gasteiger partial charge in [-0.1, -0.05) is 29.3 Å². The molecular formula is C24H23Cl2N7OS. The van der Waals surface area contributed by atoms with Crippen LogP contribution in [0.5, 0.6) is 0 Å². The number of hydrogen-bond donors (Lipinski definition) is 3. The summed E-state index contributed by atoms with van der Waals surface area (Å²) in [4.78, 5) is 29.8. The number of halogens is 2. The molecule has 2 aromatic carbocycles. The number of hydrogen-bond acceptors (Lipinski definition) is 7. The van der Waals surface area contributed by atoms with E-state index in [4.69, 9.17) is 28.2 Å². The molecule has 3 heterocycles. The zero-order valence-electron chi connectivity index (χ0n) is 18.9. The van der Waals surface area contributed by atoms with Gasteiger partial charge in [0.1, 0.15) is 11.7 Å². The van der Waals surface area contributed by atoms with Crippen molar-refractivity contribution in [2.24, 2.45) is 4.99 Å². The summed E-state index contributed by atoms with van der Waals surface area (Å²) in [5, 5.41) is 4.04. The maximum atomic E-state index is 12.6. The summed E-state index contributed by atoms with van der Waals surface area (Å²) in [5.74, 6) is 2.05. The highest BCUT2D eigenvalue weighted by Gasteiger charge is 2.20. The smallest absolute Gasteiger partial charge is 0.257 e. The first-order valence-electron chi connectivity index (χ1n) is 11.2. The lowest BCUT2D eigenvalue weighted by Gasteiger charge is -2.32. The molecular weight excluding hydrogens is 505 g/mol. The largest absolute Gasteiger partial charge is 0.356 e. The number of anilines is 2. The van der Waals surface area contributed by atoms with E-state index in [-0.39, 0.29) is 10.9 Å². The number of hydrazine groups is 1. The van der Waals surface area contributed by atoms with Crippen molar-refractivity contribution in [1.29, 1.82) is 0 Å². The Morgan fingerprint density at radius 1 is 1.17 bits per heavy atom. The summed E-state index contributed by atoms with van der Waals surface area (Å²) in [7, 11) is 0. The molecule has 5 rings (SSSR count). The molecule has 0 bridgehead atoms. The fourth-order valence-corrected chi connectivity index (χ4v) is 4.76. The fraction of sp³-hybridized carbons (Fsp3) is 0.250. The average Bonchev–Trinajstić information content (AvgIpc) is 3.20. The maximum absolute atomic E-state index is 12.6. The van der Waals surface area contributed by atoms with E-state index in [0.29, 0.717) is 33.3 Å². The Hall–Kier alpha value is -2.85. The molecule has 2 aliphatic rings. The first kappa shape index (κ1) is 23.9. The van der Waals surface area contributed by atoms with Crippen molar-refractivity contribution >= 4 is 64.0 Å². The third-order valence-electron chi connectivity index (χ3n) is 5.59. The van der Waals surface area contributed by atoms with E-state index in [1.807, 2.05) is 30.3 Å². The minimum Gasteiger partial charge on any atom is -0.356 e. The molecule has 180 valence electrons. The lowest BCUT2D eigenvalue weighted by atomic mass is 10.2. The normalized spacial score (nSPS) is 18.3. The van der Waals surface area contributed by atoms with Gasteiger partial charge in [0, 0.05) is 42.2 Å². The molecule has 3 N–H and O–H groups in total. The first-order valence-corrected chi connectivity index (χ1v) is 12.8. The Balaban J connectivity index is 1.31. The Kier molecular flexibility index (Phi) is 7.10. The monoisotopic (exact) mass is 527 g/mol. The number of benzene rings is 2. The van der Waals surface area contributed by atoms with Gasteiger partial charge in [-0.25, -0.2) is 20.4 Å². The second-order valence-electron chi connectivity index (χ2n) is 8.32. The average molecular weight is 528 g/mol. The molecule has 11 heteroatoms. The molecule has 8 nitrogen and oxygen atoms in total. The first-order chi connectivity index (χ1) is 16.9. The lowest BCUT2D eigenvalue weighted by Crippen LogP contribution is -2.37. The zero-order chi connectivity index (χ0) is 24.4. The number of carbonyl (C=O) groups excluding carboxylic acids is 1. The van der Waals surface area contributed by atoms with Crippen molar-refractivity contribution < 1.29 is 4.79 Å². The summed E-state index contributed by atoms with van der Waals surface area (Å²) < 4.78 is 0. The molecule has 1 atom stereocenters. The maximum Gasteiger partial charge on any atom is 0.257 e. The predicted octanol–water partition coefficient (Wildman–Crippen LogP) is 5.31. The summed E-state index contributed by atoms with van der Waals surface area (Å²) in [6.45, 7) is 4.07. The van der Waals surface area contributed by atoms with E-state index in [1.165, 1.54) is 11.8 Å². The van der Waals surface area contributed by atoms with Gasteiger partial charge >= 0.3 is 0 Å². The van der Waals surface area contributed by atoms with Gasteiger partial charge in [0.2, 0.25) is 0 Å². The number of nitrogens with zero attached hydrogens (tertiary/aromatic N) is 4. The minimum atomic E-state index is -0.323. The van der Waals surface area contributed by atoms with Crippen molar-refractivity contribution in [2.45, 2.75) is 35.9 Å². The van der Waals surface area contributed by atoms with Gasteiger partial charge < -0.3 is 15.6 Å². The SMILES string of the molecule is CC1CC(=Nc2cc(N3CCC3)nc(Sc3ccc(NC(=O)c4cccc(Cl)c4Cl)cc3)n2)NN1. The third kappa shape index (κ3) is 5.70. The van der Waals surface area contributed by atoms with Gasteiger partial charge in [0.15, 0.2) is 11.0 Å². The molecule has 1 unspecified atom stereocenters. The number of amides is 1. The molecule has 0 saturated carbocycles. The van der Waals surface area contributed by atoms with Crippen molar-refractivity contribution in [3.05, 3.63) is 64.1 Å². The molecule has 2 aliphatic heterocycles. The molecule has 0 aliphatic carbocycles. The van der Waals surface area contributed by atoms with Crippen LogP contribution in [0, 0.1) is 0 Å². The number of carbonyl (C=O) groups is 1. The lowest BCUT2D eigenvalue weighted by molar-refractivity contribution is 0.102. The van der Waals surface area contributed by atoms with Crippen molar-refractivity contribution in [2.75, 3.05) is 23.3 Å². The topological polar surface area (TPSA) is 94.5 Å². The quantitative estimate of drug-likeness (QED) is 0.373. The standard InChI is InChI=1S/C24H23Cl2N7OS/c1-14-12-20(32-31-14)28-19-13-21(33-10-3-11-33)30-24(29-19)35-16-8-6-15(7-9-16)27-23(34)17-4-2-5-18(25)22(17)26/h2,4-9,13-14,31H,3,10-12H2,1H3,(H,27,34)(H,28,29,30,32). The van der Waals surface area contributed by atoms with Crippen molar-refractivity contribution in [3.8, 4) is 0 Å². The van der Waals surface area contributed by atoms with Crippen molar-refractivity contribution in [3.63, 3.8) is 0 Å². The van der Waals surface area contributed by atoms with Crippen molar-refractivity contribution in [1.82, 2.24) is 20.8 Å². The number of nitrogens with one attached hydrogen (secondary N) is 3. The predicted molar refractivity (Wildman–Crippen MR) is 141 cm³/mol. The summed E-state index contributed by atoms with van der Waals surface area (Å²) in [6, 6.07) is 14.7. The molecule has 1 amide bonds. The Morgan fingerprint density at radius 2 is 1.97 bits per heavy atom. The fourth-order valence-electron chi connectivity index (χ4n) is 3.61. The summed E-state index contributed by atoms with van der Waals surface area (Å²) in [6.07, 6.45) is 1.98. The molecule has 2 fully saturated rings. The van der Waals surface area contributed by atoms with Crippen LogP contribution in [0.2, 0.25) is 10.0 Å². The number of aromatic nitrogens is 2. The summed E-state index contributed by atoms with van der Waals surface area (Å²) in [5.41, 5.74) is 7.23. The van der Waals surface area contributed by atoms with Gasteiger partial charge in [0.05, 0.1) is 15.6 Å². The molecule has 35 heavy (non-hydrogen) atoms. The Bertz CT molecular complexity index is 1280. The molecule has 0 spiro atoms. The van der Waals surface area contributed by atoms with Crippen LogP contribution >= 0.6 is 35.0 Å². The van der Waals surface area contributed by atoms with Crippen LogP contribution in [0.4, 0.5) is 17.3 Å². The molecule has 2 saturated heterocycles. The highest BCUT2D eigenvalue weighted by molar-refractivity contribution is 7.99. The van der Waals surface area contributed by atoms with Gasteiger partial charge in [-0.15, -0.1) is 0 Å². The van der Waals surface area contributed by atoms with E-state index in [0.717, 1.165) is 42.5 Å². The minimum absolute atomic E-state index is 0.232. The van der Waals surface area contributed by atoms with E-state index in [9.17, 15) is 4.79 Å². The van der Waals surface area contributed by atoms with E-state index in [1.54, 1.807) is 18.2 Å². The Labute approximate surface area is 217 Å². The van der Waals surface area contributed by atoms with E-state index >= 15 is 0 Å². The van der Waals surface area contributed by atoms with Gasteiger partial charge in [-0.3, -0.25) is 4.79 Å².